The number of rotatable bonds is 14. The van der Waals surface area contributed by atoms with Crippen molar-refractivity contribution in [1.82, 2.24) is 15.3 Å². The molecule has 7 nitrogen and oxygen atoms in total. The summed E-state index contributed by atoms with van der Waals surface area (Å²) in [5, 5.41) is 12.5. The largest absolute Gasteiger partial charge is 0.493 e. The number of unbranched alkanes of at least 4 members (excludes halogenated alkanes) is 4. The molecule has 44 heavy (non-hydrogen) atoms. The molecule has 0 bridgehead atoms. The highest BCUT2D eigenvalue weighted by Crippen LogP contribution is 2.30. The molecule has 0 saturated carbocycles. The van der Waals surface area contributed by atoms with Gasteiger partial charge in [0.05, 0.1) is 6.61 Å². The topological polar surface area (TPSA) is 101 Å². The number of amides is 1. The monoisotopic (exact) mass is 593 g/mol. The number of para-hydroxylation sites is 1. The Bertz CT molecular complexity index is 1510. The van der Waals surface area contributed by atoms with Gasteiger partial charge in [0.2, 0.25) is 0 Å². The molecule has 1 aromatic heterocycles. The molecule has 4 aromatic rings. The van der Waals surface area contributed by atoms with E-state index in [2.05, 4.69) is 43.0 Å². The average molecular weight is 594 g/mol. The molecule has 1 atom stereocenters. The van der Waals surface area contributed by atoms with Gasteiger partial charge in [0, 0.05) is 41.1 Å². The van der Waals surface area contributed by atoms with Gasteiger partial charge in [0.25, 0.3) is 5.91 Å². The SMILES string of the molecule is CCCCCCCOc1ccccc1-c1cnc(-c2ccc(C[C@H](NC(=O)c3ccc(C(C)(C)C)cc3)C(=O)O)cc2)nc1. The van der Waals surface area contributed by atoms with Gasteiger partial charge in [-0.2, -0.15) is 0 Å². The number of nitrogens with zero attached hydrogens (tertiary/aromatic N) is 2. The highest BCUT2D eigenvalue weighted by Gasteiger charge is 2.22. The quantitative estimate of drug-likeness (QED) is 0.144. The van der Waals surface area contributed by atoms with Crippen molar-refractivity contribution in [2.24, 2.45) is 0 Å². The highest BCUT2D eigenvalue weighted by atomic mass is 16.5. The van der Waals surface area contributed by atoms with Crippen molar-refractivity contribution < 1.29 is 19.4 Å². The zero-order valence-corrected chi connectivity index (χ0v) is 26.2. The molecule has 2 N–H and O–H groups in total. The molecule has 0 spiro atoms. The van der Waals surface area contributed by atoms with Gasteiger partial charge in [-0.05, 0) is 41.2 Å². The Balaban J connectivity index is 1.37. The number of carbonyl (C=O) groups excluding carboxylic acids is 1. The van der Waals surface area contributed by atoms with E-state index in [0.29, 0.717) is 18.0 Å². The zero-order valence-electron chi connectivity index (χ0n) is 26.2. The lowest BCUT2D eigenvalue weighted by Crippen LogP contribution is -2.42. The Morgan fingerprint density at radius 2 is 1.50 bits per heavy atom. The molecule has 4 rings (SSSR count). The van der Waals surface area contributed by atoms with Gasteiger partial charge in [-0.3, -0.25) is 4.79 Å². The number of carboxylic acid groups (broad SMARTS) is 1. The molecular weight excluding hydrogens is 550 g/mol. The second-order valence-corrected chi connectivity index (χ2v) is 12.1. The van der Waals surface area contributed by atoms with Gasteiger partial charge in [0.1, 0.15) is 11.8 Å². The van der Waals surface area contributed by atoms with Gasteiger partial charge in [-0.15, -0.1) is 0 Å². The standard InChI is InChI=1S/C37H43N3O4/c1-5-6-7-8-11-22-44-33-13-10-9-12-31(33)29-24-38-34(39-25-29)27-16-14-26(15-17-27)23-32(36(42)43)40-35(41)28-18-20-30(21-19-28)37(2,3)4/h9-10,12-21,24-25,32H,5-8,11,22-23H2,1-4H3,(H,40,41)(H,42,43)/t32-/m0/s1. The first-order chi connectivity index (χ1) is 21.2. The second-order valence-electron chi connectivity index (χ2n) is 12.1. The van der Waals surface area contributed by atoms with Gasteiger partial charge < -0.3 is 15.2 Å². The second kappa shape index (κ2) is 15.3. The molecule has 0 aliphatic rings. The number of hydrogen-bond acceptors (Lipinski definition) is 5. The lowest BCUT2D eigenvalue weighted by atomic mass is 9.86. The fourth-order valence-electron chi connectivity index (χ4n) is 4.92. The smallest absolute Gasteiger partial charge is 0.326 e. The van der Waals surface area contributed by atoms with Crippen LogP contribution in [0.15, 0.2) is 85.2 Å². The maximum Gasteiger partial charge on any atom is 0.326 e. The molecule has 0 aliphatic heterocycles. The fraction of sp³-hybridized carbons (Fsp3) is 0.351. The van der Waals surface area contributed by atoms with Crippen molar-refractivity contribution in [3.8, 4) is 28.3 Å². The first-order valence-corrected chi connectivity index (χ1v) is 15.4. The van der Waals surface area contributed by atoms with E-state index < -0.39 is 17.9 Å². The van der Waals surface area contributed by atoms with Gasteiger partial charge in [0.15, 0.2) is 5.82 Å². The molecule has 230 valence electrons. The summed E-state index contributed by atoms with van der Waals surface area (Å²) in [6.45, 7) is 9.19. The predicted octanol–water partition coefficient (Wildman–Crippen LogP) is 7.88. The van der Waals surface area contributed by atoms with Crippen LogP contribution in [0.2, 0.25) is 0 Å². The molecule has 0 saturated heterocycles. The van der Waals surface area contributed by atoms with Crippen LogP contribution in [0.4, 0.5) is 0 Å². The van der Waals surface area contributed by atoms with E-state index >= 15 is 0 Å². The molecule has 0 fully saturated rings. The molecular formula is C37H43N3O4. The fourth-order valence-corrected chi connectivity index (χ4v) is 4.92. The van der Waals surface area contributed by atoms with Crippen LogP contribution in [0, 0.1) is 0 Å². The Morgan fingerprint density at radius 1 is 0.841 bits per heavy atom. The lowest BCUT2D eigenvalue weighted by molar-refractivity contribution is -0.139. The number of aliphatic carboxylic acids is 1. The normalized spacial score (nSPS) is 12.0. The van der Waals surface area contributed by atoms with E-state index in [1.54, 1.807) is 24.5 Å². The van der Waals surface area contributed by atoms with Crippen LogP contribution >= 0.6 is 0 Å². The molecule has 0 radical (unpaired) electrons. The van der Waals surface area contributed by atoms with Crippen molar-refractivity contribution in [1.29, 1.82) is 0 Å². The minimum atomic E-state index is -1.09. The number of ether oxygens (including phenoxy) is 1. The number of benzene rings is 3. The first-order valence-electron chi connectivity index (χ1n) is 15.4. The van der Waals surface area contributed by atoms with Crippen LogP contribution in [0.5, 0.6) is 5.75 Å². The number of carboxylic acids is 1. The van der Waals surface area contributed by atoms with Gasteiger partial charge in [-0.1, -0.05) is 108 Å². The lowest BCUT2D eigenvalue weighted by Gasteiger charge is -2.19. The predicted molar refractivity (Wildman–Crippen MR) is 175 cm³/mol. The Morgan fingerprint density at radius 3 is 2.14 bits per heavy atom. The van der Waals surface area contributed by atoms with Crippen LogP contribution in [0.25, 0.3) is 22.5 Å². The Kier molecular flexibility index (Phi) is 11.2. The summed E-state index contributed by atoms with van der Waals surface area (Å²) in [6, 6.07) is 21.6. The van der Waals surface area contributed by atoms with E-state index in [0.717, 1.165) is 40.0 Å². The molecule has 0 unspecified atom stereocenters. The number of nitrogens with one attached hydrogen (secondary N) is 1. The van der Waals surface area contributed by atoms with Crippen molar-refractivity contribution in [3.63, 3.8) is 0 Å². The third-order valence-corrected chi connectivity index (χ3v) is 7.62. The maximum atomic E-state index is 12.8. The average Bonchev–Trinajstić information content (AvgIpc) is 3.02. The maximum absolute atomic E-state index is 12.8. The number of hydrogen-bond donors (Lipinski definition) is 2. The number of carbonyl (C=O) groups is 2. The van der Waals surface area contributed by atoms with Crippen molar-refractivity contribution in [2.45, 2.75) is 77.7 Å². The van der Waals surface area contributed by atoms with Crippen LogP contribution in [0.1, 0.15) is 81.3 Å². The minimum Gasteiger partial charge on any atom is -0.493 e. The van der Waals surface area contributed by atoms with Crippen LogP contribution in [-0.2, 0) is 16.6 Å². The van der Waals surface area contributed by atoms with Crippen molar-refractivity contribution >= 4 is 11.9 Å². The molecule has 1 amide bonds. The summed E-state index contributed by atoms with van der Waals surface area (Å²) in [4.78, 5) is 34.0. The van der Waals surface area contributed by atoms with Gasteiger partial charge >= 0.3 is 5.97 Å². The minimum absolute atomic E-state index is 0.0365. The summed E-state index contributed by atoms with van der Waals surface area (Å²) in [7, 11) is 0. The summed E-state index contributed by atoms with van der Waals surface area (Å²) in [6.07, 6.45) is 9.67. The third-order valence-electron chi connectivity index (χ3n) is 7.62. The highest BCUT2D eigenvalue weighted by molar-refractivity contribution is 5.96. The molecule has 7 heteroatoms. The summed E-state index contributed by atoms with van der Waals surface area (Å²) < 4.78 is 6.09. The van der Waals surface area contributed by atoms with Gasteiger partial charge in [-0.25, -0.2) is 14.8 Å². The number of aromatic nitrogens is 2. The van der Waals surface area contributed by atoms with Crippen LogP contribution in [0.3, 0.4) is 0 Å². The van der Waals surface area contributed by atoms with E-state index in [1.165, 1.54) is 25.7 Å². The van der Waals surface area contributed by atoms with E-state index in [9.17, 15) is 14.7 Å². The van der Waals surface area contributed by atoms with Crippen LogP contribution in [-0.4, -0.2) is 39.6 Å². The molecule has 1 heterocycles. The van der Waals surface area contributed by atoms with Crippen LogP contribution < -0.4 is 10.1 Å². The summed E-state index contributed by atoms with van der Waals surface area (Å²) >= 11 is 0. The molecule has 0 aliphatic carbocycles. The third kappa shape index (κ3) is 8.99. The van der Waals surface area contributed by atoms with E-state index in [-0.39, 0.29) is 11.8 Å². The Hall–Kier alpha value is -4.52. The Labute approximate surface area is 260 Å². The summed E-state index contributed by atoms with van der Waals surface area (Å²) in [5.74, 6) is -0.113. The first kappa shape index (κ1) is 32.4. The molecule has 3 aromatic carbocycles. The van der Waals surface area contributed by atoms with Crippen molar-refractivity contribution in [3.05, 3.63) is 102 Å². The van der Waals surface area contributed by atoms with E-state index in [1.807, 2.05) is 60.7 Å². The summed E-state index contributed by atoms with van der Waals surface area (Å²) in [5.41, 5.74) is 4.91. The zero-order chi connectivity index (χ0) is 31.5. The van der Waals surface area contributed by atoms with E-state index in [4.69, 9.17) is 4.74 Å². The van der Waals surface area contributed by atoms with Crippen molar-refractivity contribution in [2.75, 3.05) is 6.61 Å².